The van der Waals surface area contributed by atoms with Crippen molar-refractivity contribution in [1.29, 1.82) is 0 Å². The van der Waals surface area contributed by atoms with E-state index in [-0.39, 0.29) is 34.8 Å². The molecule has 0 aliphatic rings. The van der Waals surface area contributed by atoms with Gasteiger partial charge >= 0.3 is 0 Å². The van der Waals surface area contributed by atoms with Crippen molar-refractivity contribution in [3.63, 3.8) is 0 Å². The first-order valence-corrected chi connectivity index (χ1v) is 14.9. The Morgan fingerprint density at radius 1 is 1.00 bits per heavy atom. The summed E-state index contributed by atoms with van der Waals surface area (Å²) in [6, 6.07) is 19.0. The molecular weight excluding hydrogens is 550 g/mol. The molecule has 0 aromatic heterocycles. The van der Waals surface area contributed by atoms with E-state index in [0.717, 1.165) is 16.3 Å². The smallest absolute Gasteiger partial charge is 0.264 e. The van der Waals surface area contributed by atoms with Crippen molar-refractivity contribution in [1.82, 2.24) is 10.2 Å². The van der Waals surface area contributed by atoms with Gasteiger partial charge in [-0.15, -0.1) is 0 Å². The van der Waals surface area contributed by atoms with Crippen LogP contribution in [0.1, 0.15) is 38.3 Å². The summed E-state index contributed by atoms with van der Waals surface area (Å²) in [5, 5.41) is 3.40. The van der Waals surface area contributed by atoms with E-state index in [2.05, 4.69) is 5.32 Å². The molecule has 0 saturated heterocycles. The second kappa shape index (κ2) is 13.7. The van der Waals surface area contributed by atoms with Gasteiger partial charge in [0.2, 0.25) is 11.8 Å². The van der Waals surface area contributed by atoms with Gasteiger partial charge in [0.1, 0.15) is 18.3 Å². The van der Waals surface area contributed by atoms with E-state index in [0.29, 0.717) is 10.6 Å². The van der Waals surface area contributed by atoms with Gasteiger partial charge in [0, 0.05) is 17.6 Å². The van der Waals surface area contributed by atoms with E-state index in [4.69, 9.17) is 16.3 Å². The van der Waals surface area contributed by atoms with Crippen molar-refractivity contribution >= 4 is 39.1 Å². The van der Waals surface area contributed by atoms with E-state index >= 15 is 0 Å². The predicted octanol–water partition coefficient (Wildman–Crippen LogP) is 5.18. The lowest BCUT2D eigenvalue weighted by Gasteiger charge is -2.32. The van der Waals surface area contributed by atoms with Gasteiger partial charge in [-0.2, -0.15) is 0 Å². The molecule has 3 aromatic carbocycles. The topological polar surface area (TPSA) is 96.0 Å². The number of benzene rings is 3. The first-order chi connectivity index (χ1) is 19.0. The molecule has 8 nitrogen and oxygen atoms in total. The minimum absolute atomic E-state index is 0.0285. The van der Waals surface area contributed by atoms with E-state index < -0.39 is 28.5 Å². The highest BCUT2D eigenvalue weighted by molar-refractivity contribution is 7.92. The van der Waals surface area contributed by atoms with Crippen LogP contribution in [0.4, 0.5) is 5.69 Å². The SMILES string of the molecule is CC[C@H](C)NC(=O)[C@H](C)N(Cc1cccc(Cl)c1)C(=O)CN(c1ccccc1OC)S(=O)(=O)c1ccc(C)cc1. The van der Waals surface area contributed by atoms with Gasteiger partial charge in [0.25, 0.3) is 10.0 Å². The molecule has 214 valence electrons. The molecular formula is C30H36ClN3O5S. The Labute approximate surface area is 241 Å². The lowest BCUT2D eigenvalue weighted by Crippen LogP contribution is -2.52. The summed E-state index contributed by atoms with van der Waals surface area (Å²) in [5.41, 5.74) is 1.81. The Kier molecular flexibility index (Phi) is 10.6. The molecule has 3 aromatic rings. The predicted molar refractivity (Wildman–Crippen MR) is 158 cm³/mol. The number of methoxy groups -OCH3 is 1. The second-order valence-electron chi connectivity index (χ2n) is 9.64. The molecule has 0 radical (unpaired) electrons. The number of aryl methyl sites for hydroxylation is 1. The van der Waals surface area contributed by atoms with Crippen molar-refractivity contribution < 1.29 is 22.7 Å². The molecule has 3 rings (SSSR count). The molecule has 0 fully saturated rings. The van der Waals surface area contributed by atoms with Gasteiger partial charge in [0.05, 0.1) is 17.7 Å². The Bertz CT molecular complexity index is 1430. The van der Waals surface area contributed by atoms with E-state index in [1.165, 1.54) is 24.1 Å². The third-order valence-corrected chi connectivity index (χ3v) is 8.66. The maximum Gasteiger partial charge on any atom is 0.264 e. The van der Waals surface area contributed by atoms with Crippen LogP contribution >= 0.6 is 11.6 Å². The van der Waals surface area contributed by atoms with E-state index in [9.17, 15) is 18.0 Å². The van der Waals surface area contributed by atoms with Crippen molar-refractivity contribution in [2.24, 2.45) is 0 Å². The number of ether oxygens (including phenoxy) is 1. The second-order valence-corrected chi connectivity index (χ2v) is 11.9. The number of carbonyl (C=O) groups excluding carboxylic acids is 2. The fourth-order valence-electron chi connectivity index (χ4n) is 4.07. The zero-order chi connectivity index (χ0) is 29.4. The van der Waals surface area contributed by atoms with Crippen LogP contribution in [0.3, 0.4) is 0 Å². The minimum atomic E-state index is -4.20. The van der Waals surface area contributed by atoms with Crippen molar-refractivity contribution in [2.45, 2.75) is 57.6 Å². The number of hydrogen-bond acceptors (Lipinski definition) is 5. The number of para-hydroxylation sites is 2. The fraction of sp³-hybridized carbons (Fsp3) is 0.333. The number of nitrogens with zero attached hydrogens (tertiary/aromatic N) is 2. The minimum Gasteiger partial charge on any atom is -0.495 e. The van der Waals surface area contributed by atoms with Crippen LogP contribution in [-0.4, -0.2) is 50.9 Å². The summed E-state index contributed by atoms with van der Waals surface area (Å²) in [6.07, 6.45) is 0.719. The van der Waals surface area contributed by atoms with Crippen LogP contribution in [0.5, 0.6) is 5.75 Å². The monoisotopic (exact) mass is 585 g/mol. The Balaban J connectivity index is 2.06. The summed E-state index contributed by atoms with van der Waals surface area (Å²) >= 11 is 6.19. The molecule has 0 heterocycles. The highest BCUT2D eigenvalue weighted by Gasteiger charge is 2.34. The maximum absolute atomic E-state index is 14.0. The van der Waals surface area contributed by atoms with Gasteiger partial charge in [-0.05, 0) is 69.2 Å². The molecule has 1 N–H and O–H groups in total. The number of hydrogen-bond donors (Lipinski definition) is 1. The number of amides is 2. The van der Waals surface area contributed by atoms with Crippen molar-refractivity contribution in [3.8, 4) is 5.75 Å². The Morgan fingerprint density at radius 2 is 1.68 bits per heavy atom. The van der Waals surface area contributed by atoms with Crippen molar-refractivity contribution in [3.05, 3.63) is 88.9 Å². The first-order valence-electron chi connectivity index (χ1n) is 13.0. The standard InChI is InChI=1S/C30H36ClN3O5S/c1-6-22(3)32-30(36)23(4)33(19-24-10-9-11-25(31)18-24)29(35)20-34(27-12-7-8-13-28(27)39-5)40(37,38)26-16-14-21(2)15-17-26/h7-18,22-23H,6,19-20H2,1-5H3,(H,32,36)/t22-,23-/m0/s1. The summed E-state index contributed by atoms with van der Waals surface area (Å²) < 4.78 is 34.4. The molecule has 0 bridgehead atoms. The van der Waals surface area contributed by atoms with Gasteiger partial charge < -0.3 is 15.0 Å². The fourth-order valence-corrected chi connectivity index (χ4v) is 5.70. The van der Waals surface area contributed by atoms with Crippen LogP contribution < -0.4 is 14.4 Å². The Morgan fingerprint density at radius 3 is 2.30 bits per heavy atom. The normalized spacial score (nSPS) is 12.8. The third-order valence-electron chi connectivity index (χ3n) is 6.65. The summed E-state index contributed by atoms with van der Waals surface area (Å²) in [7, 11) is -2.76. The number of carbonyl (C=O) groups is 2. The number of nitrogens with one attached hydrogen (secondary N) is 1. The number of sulfonamides is 1. The zero-order valence-electron chi connectivity index (χ0n) is 23.4. The number of halogens is 1. The lowest BCUT2D eigenvalue weighted by atomic mass is 10.1. The van der Waals surface area contributed by atoms with Crippen LogP contribution in [0.15, 0.2) is 77.7 Å². The lowest BCUT2D eigenvalue weighted by molar-refractivity contribution is -0.139. The molecule has 40 heavy (non-hydrogen) atoms. The van der Waals surface area contributed by atoms with Crippen LogP contribution in [-0.2, 0) is 26.2 Å². The number of anilines is 1. The van der Waals surface area contributed by atoms with E-state index in [1.54, 1.807) is 67.6 Å². The molecule has 0 unspecified atom stereocenters. The highest BCUT2D eigenvalue weighted by atomic mass is 35.5. The van der Waals surface area contributed by atoms with Crippen molar-refractivity contribution in [2.75, 3.05) is 18.0 Å². The maximum atomic E-state index is 14.0. The summed E-state index contributed by atoms with van der Waals surface area (Å²) in [6.45, 7) is 6.81. The average Bonchev–Trinajstić information content (AvgIpc) is 2.94. The van der Waals surface area contributed by atoms with Crippen LogP contribution in [0.25, 0.3) is 0 Å². The Hall–Kier alpha value is -3.56. The van der Waals surface area contributed by atoms with Gasteiger partial charge in [-0.3, -0.25) is 13.9 Å². The highest BCUT2D eigenvalue weighted by Crippen LogP contribution is 2.32. The van der Waals surface area contributed by atoms with Gasteiger partial charge in [0.15, 0.2) is 0 Å². The largest absolute Gasteiger partial charge is 0.495 e. The molecule has 0 aliphatic carbocycles. The molecule has 0 spiro atoms. The molecule has 10 heteroatoms. The molecule has 2 atom stereocenters. The van der Waals surface area contributed by atoms with Crippen LogP contribution in [0, 0.1) is 6.92 Å². The third kappa shape index (κ3) is 7.55. The average molecular weight is 586 g/mol. The molecule has 0 aliphatic heterocycles. The van der Waals surface area contributed by atoms with E-state index in [1.807, 2.05) is 20.8 Å². The molecule has 0 saturated carbocycles. The summed E-state index contributed by atoms with van der Waals surface area (Å²) in [4.78, 5) is 28.6. The first kappa shape index (κ1) is 31.0. The zero-order valence-corrected chi connectivity index (χ0v) is 25.0. The number of rotatable bonds is 12. The van der Waals surface area contributed by atoms with Gasteiger partial charge in [-0.1, -0.05) is 60.5 Å². The van der Waals surface area contributed by atoms with Crippen LogP contribution in [0.2, 0.25) is 5.02 Å². The summed E-state index contributed by atoms with van der Waals surface area (Å²) in [5.74, 6) is -0.613. The quantitative estimate of drug-likeness (QED) is 0.316. The molecule has 2 amide bonds. The van der Waals surface area contributed by atoms with Gasteiger partial charge in [-0.25, -0.2) is 8.42 Å².